The van der Waals surface area contributed by atoms with Crippen molar-refractivity contribution in [2.24, 2.45) is 0 Å². The van der Waals surface area contributed by atoms with Gasteiger partial charge in [0, 0.05) is 31.1 Å². The lowest BCUT2D eigenvalue weighted by molar-refractivity contribution is -0.141. The number of hydrogen-bond donors (Lipinski definition) is 1. The van der Waals surface area contributed by atoms with E-state index in [2.05, 4.69) is 5.32 Å². The number of nitrogens with one attached hydrogen (secondary N) is 1. The molecule has 7 nitrogen and oxygen atoms in total. The largest absolute Gasteiger partial charge is 0.354 e. The number of anilines is 1. The average molecular weight is 536 g/mol. The Hall–Kier alpha value is -2.58. The SMILES string of the molecule is CCCNC(=O)C(CC)N(Cc1ccccc1Cl)C(=O)CCCN(c1ccc(C)c(C)c1)S(C)(=O)=O. The lowest BCUT2D eigenvalue weighted by Gasteiger charge is -2.31. The fourth-order valence-electron chi connectivity index (χ4n) is 3.98. The highest BCUT2D eigenvalue weighted by Crippen LogP contribution is 2.23. The van der Waals surface area contributed by atoms with Crippen LogP contribution in [0.5, 0.6) is 0 Å². The van der Waals surface area contributed by atoms with Crippen molar-refractivity contribution in [3.05, 3.63) is 64.2 Å². The van der Waals surface area contributed by atoms with Gasteiger partial charge in [0.1, 0.15) is 6.04 Å². The Morgan fingerprint density at radius 2 is 1.75 bits per heavy atom. The van der Waals surface area contributed by atoms with Gasteiger partial charge in [-0.15, -0.1) is 0 Å². The van der Waals surface area contributed by atoms with Gasteiger partial charge in [-0.05, 0) is 68.0 Å². The summed E-state index contributed by atoms with van der Waals surface area (Å²) in [6.45, 7) is 8.63. The Balaban J connectivity index is 2.23. The second-order valence-electron chi connectivity index (χ2n) is 9.04. The molecule has 0 fully saturated rings. The first-order valence-corrected chi connectivity index (χ1v) is 14.6. The predicted molar refractivity (Wildman–Crippen MR) is 147 cm³/mol. The van der Waals surface area contributed by atoms with Crippen LogP contribution in [0.25, 0.3) is 0 Å². The minimum atomic E-state index is -3.54. The molecule has 0 spiro atoms. The summed E-state index contributed by atoms with van der Waals surface area (Å²) in [6.07, 6.45) is 2.81. The third kappa shape index (κ3) is 8.23. The van der Waals surface area contributed by atoms with Crippen molar-refractivity contribution in [2.75, 3.05) is 23.7 Å². The summed E-state index contributed by atoms with van der Waals surface area (Å²) in [7, 11) is -3.54. The van der Waals surface area contributed by atoms with Gasteiger partial charge in [0.05, 0.1) is 11.9 Å². The van der Waals surface area contributed by atoms with Crippen LogP contribution in [0.4, 0.5) is 5.69 Å². The number of amides is 2. The molecule has 9 heteroatoms. The topological polar surface area (TPSA) is 86.8 Å². The van der Waals surface area contributed by atoms with Gasteiger partial charge in [-0.25, -0.2) is 8.42 Å². The van der Waals surface area contributed by atoms with Crippen molar-refractivity contribution in [1.29, 1.82) is 0 Å². The molecule has 198 valence electrons. The van der Waals surface area contributed by atoms with E-state index in [9.17, 15) is 18.0 Å². The van der Waals surface area contributed by atoms with Crippen LogP contribution < -0.4 is 9.62 Å². The highest BCUT2D eigenvalue weighted by molar-refractivity contribution is 7.92. The maximum absolute atomic E-state index is 13.4. The van der Waals surface area contributed by atoms with Crippen molar-refractivity contribution < 1.29 is 18.0 Å². The summed E-state index contributed by atoms with van der Waals surface area (Å²) in [5.41, 5.74) is 3.39. The fourth-order valence-corrected chi connectivity index (χ4v) is 5.13. The smallest absolute Gasteiger partial charge is 0.242 e. The molecular formula is C27H38ClN3O4S. The zero-order valence-electron chi connectivity index (χ0n) is 21.9. The number of hydrogen-bond acceptors (Lipinski definition) is 4. The minimum absolute atomic E-state index is 0.0961. The molecule has 36 heavy (non-hydrogen) atoms. The van der Waals surface area contributed by atoms with Crippen molar-refractivity contribution in [3.8, 4) is 0 Å². The van der Waals surface area contributed by atoms with E-state index >= 15 is 0 Å². The van der Waals surface area contributed by atoms with Crippen molar-refractivity contribution in [2.45, 2.75) is 66.0 Å². The van der Waals surface area contributed by atoms with E-state index in [-0.39, 0.29) is 31.3 Å². The molecule has 2 aromatic rings. The van der Waals surface area contributed by atoms with E-state index in [4.69, 9.17) is 11.6 Å². The third-order valence-corrected chi connectivity index (χ3v) is 7.73. The molecule has 0 aliphatic heterocycles. The summed E-state index contributed by atoms with van der Waals surface area (Å²) in [6, 6.07) is 12.1. The van der Waals surface area contributed by atoms with Crippen molar-refractivity contribution in [1.82, 2.24) is 10.2 Å². The first-order chi connectivity index (χ1) is 17.0. The van der Waals surface area contributed by atoms with Gasteiger partial charge in [0.2, 0.25) is 21.8 Å². The Kier molecular flexibility index (Phi) is 11.2. The Labute approximate surface area is 220 Å². The van der Waals surface area contributed by atoms with Crippen LogP contribution in [0, 0.1) is 13.8 Å². The number of nitrogens with zero attached hydrogens (tertiary/aromatic N) is 2. The number of aryl methyl sites for hydroxylation is 2. The fraction of sp³-hybridized carbons (Fsp3) is 0.481. The molecule has 0 bridgehead atoms. The molecule has 0 saturated carbocycles. The molecule has 1 N–H and O–H groups in total. The van der Waals surface area contributed by atoms with Crippen LogP contribution in [0.3, 0.4) is 0 Å². The average Bonchev–Trinajstić information content (AvgIpc) is 2.82. The Morgan fingerprint density at radius 3 is 2.33 bits per heavy atom. The standard InChI is InChI=1S/C27H38ClN3O4S/c1-6-16-29-27(33)25(7-2)30(19-22-11-8-9-12-24(22)28)26(32)13-10-17-31(36(5,34)35)23-15-14-20(3)21(4)18-23/h8-9,11-12,14-15,18,25H,6-7,10,13,16-17,19H2,1-5H3,(H,29,33). The van der Waals surface area contributed by atoms with E-state index < -0.39 is 16.1 Å². The van der Waals surface area contributed by atoms with Crippen molar-refractivity contribution >= 4 is 39.1 Å². The number of sulfonamides is 1. The molecule has 0 heterocycles. The van der Waals surface area contributed by atoms with Crippen LogP contribution in [-0.2, 0) is 26.2 Å². The zero-order chi connectivity index (χ0) is 26.9. The Bertz CT molecular complexity index is 1150. The quantitative estimate of drug-likeness (QED) is 0.398. The van der Waals surface area contributed by atoms with Crippen molar-refractivity contribution in [3.63, 3.8) is 0 Å². The van der Waals surface area contributed by atoms with Gasteiger partial charge in [-0.2, -0.15) is 0 Å². The first-order valence-electron chi connectivity index (χ1n) is 12.3. The molecule has 1 unspecified atom stereocenters. The normalized spacial score (nSPS) is 12.2. The van der Waals surface area contributed by atoms with Crippen LogP contribution in [0.15, 0.2) is 42.5 Å². The lowest BCUT2D eigenvalue weighted by Crippen LogP contribution is -2.49. The monoisotopic (exact) mass is 535 g/mol. The number of halogens is 1. The zero-order valence-corrected chi connectivity index (χ0v) is 23.5. The maximum atomic E-state index is 13.4. The highest BCUT2D eigenvalue weighted by Gasteiger charge is 2.29. The van der Waals surface area contributed by atoms with E-state index in [0.29, 0.717) is 30.1 Å². The second kappa shape index (κ2) is 13.7. The molecule has 0 aromatic heterocycles. The predicted octanol–water partition coefficient (Wildman–Crippen LogP) is 4.84. The molecule has 2 rings (SSSR count). The molecule has 0 saturated heterocycles. The maximum Gasteiger partial charge on any atom is 0.242 e. The van der Waals surface area contributed by atoms with Gasteiger partial charge in [-0.1, -0.05) is 49.7 Å². The second-order valence-corrected chi connectivity index (χ2v) is 11.3. The van der Waals surface area contributed by atoms with E-state index in [1.54, 1.807) is 17.0 Å². The number of rotatable bonds is 13. The molecule has 1 atom stereocenters. The first kappa shape index (κ1) is 29.6. The molecule has 0 radical (unpaired) electrons. The number of carbonyl (C=O) groups is 2. The summed E-state index contributed by atoms with van der Waals surface area (Å²) in [4.78, 5) is 27.9. The summed E-state index contributed by atoms with van der Waals surface area (Å²) < 4.78 is 26.4. The van der Waals surface area contributed by atoms with E-state index in [1.807, 2.05) is 58.0 Å². The van der Waals surface area contributed by atoms with Gasteiger partial charge < -0.3 is 10.2 Å². The summed E-state index contributed by atoms with van der Waals surface area (Å²) in [5, 5.41) is 3.42. The molecular weight excluding hydrogens is 498 g/mol. The lowest BCUT2D eigenvalue weighted by atomic mass is 10.1. The van der Waals surface area contributed by atoms with E-state index in [1.165, 1.54) is 10.6 Å². The van der Waals surface area contributed by atoms with E-state index in [0.717, 1.165) is 23.1 Å². The minimum Gasteiger partial charge on any atom is -0.354 e. The molecule has 0 aliphatic rings. The Morgan fingerprint density at radius 1 is 1.06 bits per heavy atom. The molecule has 2 amide bonds. The van der Waals surface area contributed by atoms with Gasteiger partial charge in [0.15, 0.2) is 0 Å². The number of carbonyl (C=O) groups excluding carboxylic acids is 2. The van der Waals surface area contributed by atoms with Gasteiger partial charge >= 0.3 is 0 Å². The molecule has 0 aliphatic carbocycles. The van der Waals surface area contributed by atoms with Crippen LogP contribution in [-0.4, -0.2) is 50.5 Å². The summed E-state index contributed by atoms with van der Waals surface area (Å²) in [5.74, 6) is -0.422. The van der Waals surface area contributed by atoms with Crippen LogP contribution in [0.1, 0.15) is 56.2 Å². The van der Waals surface area contributed by atoms with Crippen LogP contribution in [0.2, 0.25) is 5.02 Å². The number of benzene rings is 2. The van der Waals surface area contributed by atoms with Crippen LogP contribution >= 0.6 is 11.6 Å². The molecule has 2 aromatic carbocycles. The van der Waals surface area contributed by atoms with Gasteiger partial charge in [-0.3, -0.25) is 13.9 Å². The highest BCUT2D eigenvalue weighted by atomic mass is 35.5. The third-order valence-electron chi connectivity index (χ3n) is 6.16. The van der Waals surface area contributed by atoms with Gasteiger partial charge in [0.25, 0.3) is 0 Å². The summed E-state index contributed by atoms with van der Waals surface area (Å²) >= 11 is 6.36.